The minimum atomic E-state index is -0.933. The second-order valence-electron chi connectivity index (χ2n) is 7.22. The molecule has 1 saturated heterocycles. The Labute approximate surface area is 157 Å². The van der Waals surface area contributed by atoms with Crippen LogP contribution in [0, 0.1) is 5.92 Å². The highest BCUT2D eigenvalue weighted by atomic mass is 16.2. The molecule has 150 valence electrons. The zero-order chi connectivity index (χ0) is 19.2. The van der Waals surface area contributed by atoms with Gasteiger partial charge in [-0.15, -0.1) is 0 Å². The van der Waals surface area contributed by atoms with E-state index in [1.165, 1.54) is 6.42 Å². The number of hydrogen-bond donors (Lipinski definition) is 4. The molecule has 7 nitrogen and oxygen atoms in total. The van der Waals surface area contributed by atoms with Gasteiger partial charge in [0.2, 0.25) is 17.7 Å². The summed E-state index contributed by atoms with van der Waals surface area (Å²) in [4.78, 5) is 35.5. The number of nitrogens with two attached hydrogens (primary N) is 1. The van der Waals surface area contributed by atoms with E-state index in [4.69, 9.17) is 5.73 Å². The Hall–Kier alpha value is -1.63. The number of nitrogens with one attached hydrogen (secondary N) is 3. The van der Waals surface area contributed by atoms with Gasteiger partial charge >= 0.3 is 0 Å². The van der Waals surface area contributed by atoms with Gasteiger partial charge in [-0.05, 0) is 44.7 Å². The largest absolute Gasteiger partial charge is 0.368 e. The molecule has 0 bridgehead atoms. The Kier molecular flexibility index (Phi) is 11.7. The second-order valence-corrected chi connectivity index (χ2v) is 7.22. The van der Waals surface area contributed by atoms with Gasteiger partial charge in [0.1, 0.15) is 6.04 Å². The van der Waals surface area contributed by atoms with Gasteiger partial charge < -0.3 is 21.7 Å². The van der Waals surface area contributed by atoms with Crippen molar-refractivity contribution in [2.75, 3.05) is 19.6 Å². The van der Waals surface area contributed by atoms with E-state index in [9.17, 15) is 14.4 Å². The molecule has 1 fully saturated rings. The van der Waals surface area contributed by atoms with Crippen LogP contribution < -0.4 is 21.7 Å². The molecule has 0 aliphatic carbocycles. The quantitative estimate of drug-likeness (QED) is 0.366. The van der Waals surface area contributed by atoms with E-state index in [0.717, 1.165) is 58.0 Å². The van der Waals surface area contributed by atoms with E-state index in [0.29, 0.717) is 18.9 Å². The first-order valence-electron chi connectivity index (χ1n) is 10.1. The second kappa shape index (κ2) is 13.6. The highest BCUT2D eigenvalue weighted by Gasteiger charge is 2.21. The van der Waals surface area contributed by atoms with Crippen LogP contribution in [0.5, 0.6) is 0 Å². The smallest absolute Gasteiger partial charge is 0.240 e. The summed E-state index contributed by atoms with van der Waals surface area (Å²) in [5, 5.41) is 8.75. The lowest BCUT2D eigenvalue weighted by Crippen LogP contribution is -2.47. The lowest BCUT2D eigenvalue weighted by molar-refractivity contribution is -0.130. The minimum absolute atomic E-state index is 0.0941. The van der Waals surface area contributed by atoms with E-state index >= 15 is 0 Å². The van der Waals surface area contributed by atoms with Crippen LogP contribution in [0.15, 0.2) is 0 Å². The first kappa shape index (κ1) is 22.4. The lowest BCUT2D eigenvalue weighted by atomic mass is 9.95. The molecule has 0 aromatic rings. The molecule has 0 radical (unpaired) electrons. The molecule has 0 unspecified atom stereocenters. The van der Waals surface area contributed by atoms with Crippen molar-refractivity contribution in [3.8, 4) is 0 Å². The summed E-state index contributed by atoms with van der Waals surface area (Å²) in [6.07, 6.45) is 8.71. The molecular formula is C19H36N4O3. The predicted molar refractivity (Wildman–Crippen MR) is 102 cm³/mol. The summed E-state index contributed by atoms with van der Waals surface area (Å²) >= 11 is 0. The fourth-order valence-electron chi connectivity index (χ4n) is 3.22. The number of piperidine rings is 1. The zero-order valence-electron chi connectivity index (χ0n) is 16.1. The molecule has 0 aromatic heterocycles. The molecule has 0 spiro atoms. The van der Waals surface area contributed by atoms with Crippen LogP contribution in [0.25, 0.3) is 0 Å². The number of rotatable bonds is 13. The van der Waals surface area contributed by atoms with Gasteiger partial charge in [0.05, 0.1) is 6.42 Å². The van der Waals surface area contributed by atoms with Gasteiger partial charge in [-0.1, -0.05) is 32.6 Å². The maximum absolute atomic E-state index is 12.0. The number of unbranched alkanes of at least 4 members (excludes halogenated alkanes) is 4. The highest BCUT2D eigenvalue weighted by Crippen LogP contribution is 2.14. The van der Waals surface area contributed by atoms with Gasteiger partial charge in [0.15, 0.2) is 0 Å². The Balaban J connectivity index is 2.22. The van der Waals surface area contributed by atoms with Crippen molar-refractivity contribution in [3.63, 3.8) is 0 Å². The SMILES string of the molecule is CCCCCCCC(=O)N[C@H](CC(=O)NCCC1CCNCC1)C(N)=O. The van der Waals surface area contributed by atoms with Crippen molar-refractivity contribution in [1.82, 2.24) is 16.0 Å². The fraction of sp³-hybridized carbons (Fsp3) is 0.842. The minimum Gasteiger partial charge on any atom is -0.368 e. The molecule has 1 heterocycles. The summed E-state index contributed by atoms with van der Waals surface area (Å²) in [5.74, 6) is -0.493. The topological polar surface area (TPSA) is 113 Å². The predicted octanol–water partition coefficient (Wildman–Crippen LogP) is 1.21. The van der Waals surface area contributed by atoms with Crippen molar-refractivity contribution < 1.29 is 14.4 Å². The Morgan fingerprint density at radius 3 is 2.42 bits per heavy atom. The van der Waals surface area contributed by atoms with Crippen LogP contribution in [-0.4, -0.2) is 43.4 Å². The van der Waals surface area contributed by atoms with Gasteiger partial charge in [0, 0.05) is 13.0 Å². The Morgan fingerprint density at radius 1 is 1.08 bits per heavy atom. The van der Waals surface area contributed by atoms with Gasteiger partial charge in [0.25, 0.3) is 0 Å². The molecule has 1 aliphatic rings. The molecule has 0 saturated carbocycles. The highest BCUT2D eigenvalue weighted by molar-refractivity contribution is 5.91. The molecule has 26 heavy (non-hydrogen) atoms. The van der Waals surface area contributed by atoms with E-state index in [1.54, 1.807) is 0 Å². The standard InChI is InChI=1S/C19H36N4O3/c1-2-3-4-5-6-7-17(24)23-16(19(20)26)14-18(25)22-13-10-15-8-11-21-12-9-15/h15-16,21H,2-14H2,1H3,(H2,20,26)(H,22,25)(H,23,24)/t16-/m1/s1. The molecule has 0 aromatic carbocycles. The average molecular weight is 369 g/mol. The van der Waals surface area contributed by atoms with Crippen LogP contribution in [0.3, 0.4) is 0 Å². The van der Waals surface area contributed by atoms with E-state index in [1.807, 2.05) is 0 Å². The van der Waals surface area contributed by atoms with Crippen LogP contribution in [-0.2, 0) is 14.4 Å². The van der Waals surface area contributed by atoms with Crippen LogP contribution in [0.1, 0.15) is 71.1 Å². The van der Waals surface area contributed by atoms with Crippen LogP contribution >= 0.6 is 0 Å². The summed E-state index contributed by atoms with van der Waals surface area (Å²) < 4.78 is 0. The molecular weight excluding hydrogens is 332 g/mol. The molecule has 5 N–H and O–H groups in total. The van der Waals surface area contributed by atoms with Gasteiger partial charge in [-0.3, -0.25) is 14.4 Å². The van der Waals surface area contributed by atoms with E-state index in [2.05, 4.69) is 22.9 Å². The summed E-state index contributed by atoms with van der Waals surface area (Å²) in [5.41, 5.74) is 5.33. The number of amides is 3. The van der Waals surface area contributed by atoms with Crippen LogP contribution in [0.4, 0.5) is 0 Å². The summed E-state index contributed by atoms with van der Waals surface area (Å²) in [7, 11) is 0. The molecule has 3 amide bonds. The zero-order valence-corrected chi connectivity index (χ0v) is 16.1. The first-order valence-corrected chi connectivity index (χ1v) is 10.1. The van der Waals surface area contributed by atoms with Gasteiger partial charge in [-0.25, -0.2) is 0 Å². The molecule has 7 heteroatoms. The van der Waals surface area contributed by atoms with Crippen molar-refractivity contribution in [2.24, 2.45) is 11.7 Å². The molecule has 1 atom stereocenters. The van der Waals surface area contributed by atoms with Crippen molar-refractivity contribution in [1.29, 1.82) is 0 Å². The maximum Gasteiger partial charge on any atom is 0.240 e. The Bertz CT molecular complexity index is 437. The Morgan fingerprint density at radius 2 is 1.77 bits per heavy atom. The van der Waals surface area contributed by atoms with E-state index < -0.39 is 11.9 Å². The number of primary amides is 1. The number of carbonyl (C=O) groups excluding carboxylic acids is 3. The van der Waals surface area contributed by atoms with Crippen LogP contribution in [0.2, 0.25) is 0 Å². The average Bonchev–Trinajstić information content (AvgIpc) is 2.62. The monoisotopic (exact) mass is 368 g/mol. The fourth-order valence-corrected chi connectivity index (χ4v) is 3.22. The molecule has 1 aliphatic heterocycles. The normalized spacial score (nSPS) is 16.0. The van der Waals surface area contributed by atoms with E-state index in [-0.39, 0.29) is 18.2 Å². The third-order valence-electron chi connectivity index (χ3n) is 4.91. The summed E-state index contributed by atoms with van der Waals surface area (Å²) in [6, 6.07) is -0.933. The third kappa shape index (κ3) is 10.4. The maximum atomic E-state index is 12.0. The van der Waals surface area contributed by atoms with Crippen molar-refractivity contribution in [2.45, 2.75) is 77.2 Å². The first-order chi connectivity index (χ1) is 12.5. The van der Waals surface area contributed by atoms with Gasteiger partial charge in [-0.2, -0.15) is 0 Å². The van der Waals surface area contributed by atoms with Crippen molar-refractivity contribution >= 4 is 17.7 Å². The molecule has 1 rings (SSSR count). The lowest BCUT2D eigenvalue weighted by Gasteiger charge is -2.22. The summed E-state index contributed by atoms with van der Waals surface area (Å²) in [6.45, 7) is 4.81. The number of carbonyl (C=O) groups is 3. The third-order valence-corrected chi connectivity index (χ3v) is 4.91. The number of hydrogen-bond acceptors (Lipinski definition) is 4. The van der Waals surface area contributed by atoms with Crippen molar-refractivity contribution in [3.05, 3.63) is 0 Å².